The summed E-state index contributed by atoms with van der Waals surface area (Å²) in [6, 6.07) is 5.10. The van der Waals surface area contributed by atoms with E-state index in [1.54, 1.807) is 6.07 Å². The summed E-state index contributed by atoms with van der Waals surface area (Å²) < 4.78 is 0. The molecule has 0 aliphatic carbocycles. The van der Waals surface area contributed by atoms with E-state index in [-0.39, 0.29) is 18.6 Å². The Labute approximate surface area is 111 Å². The first-order valence-corrected chi connectivity index (χ1v) is 6.46. The van der Waals surface area contributed by atoms with Crippen LogP contribution in [0.2, 0.25) is 5.02 Å². The van der Waals surface area contributed by atoms with E-state index in [9.17, 15) is 4.79 Å². The third kappa shape index (κ3) is 2.60. The molecule has 1 aliphatic heterocycles. The highest BCUT2D eigenvalue weighted by molar-refractivity contribution is 6.33. The minimum absolute atomic E-state index is 0.0424. The molecule has 2 rings (SSSR count). The molecular weight excluding hydrogens is 252 g/mol. The maximum atomic E-state index is 11.5. The molecule has 0 spiro atoms. The van der Waals surface area contributed by atoms with Gasteiger partial charge in [-0.05, 0) is 37.0 Å². The van der Waals surface area contributed by atoms with Gasteiger partial charge in [-0.3, -0.25) is 4.79 Å². The number of nitrogens with two attached hydrogens (primary N) is 1. The summed E-state index contributed by atoms with van der Waals surface area (Å²) in [5.74, 6) is -0.308. The maximum Gasteiger partial charge on any atom is 0.240 e. The Bertz CT molecular complexity index is 451. The number of anilines is 1. The first-order chi connectivity index (χ1) is 8.63. The van der Waals surface area contributed by atoms with Crippen molar-refractivity contribution in [2.45, 2.75) is 31.9 Å². The molecule has 1 heterocycles. The quantitative estimate of drug-likeness (QED) is 0.876. The number of halogens is 1. The first-order valence-electron chi connectivity index (χ1n) is 6.08. The zero-order valence-electron chi connectivity index (χ0n) is 10.1. The standard InChI is InChI=1S/C13H17ClN2O2/c14-10-7-9(8-17)4-5-11(10)16-6-2-1-3-12(16)13(15)18/h4-5,7,12,17H,1-3,6,8H2,(H2,15,18). The highest BCUT2D eigenvalue weighted by Gasteiger charge is 2.28. The normalized spacial score (nSPS) is 19.9. The van der Waals surface area contributed by atoms with Gasteiger partial charge in [0.25, 0.3) is 0 Å². The SMILES string of the molecule is NC(=O)C1CCCCN1c1ccc(CO)cc1Cl. The Morgan fingerprint density at radius 1 is 1.50 bits per heavy atom. The topological polar surface area (TPSA) is 66.6 Å². The fourth-order valence-electron chi connectivity index (χ4n) is 2.40. The fraction of sp³-hybridized carbons (Fsp3) is 0.462. The Hall–Kier alpha value is -1.26. The third-order valence-electron chi connectivity index (χ3n) is 3.34. The second-order valence-corrected chi connectivity index (χ2v) is 4.96. The zero-order valence-corrected chi connectivity index (χ0v) is 10.9. The van der Waals surface area contributed by atoms with E-state index in [2.05, 4.69) is 0 Å². The lowest BCUT2D eigenvalue weighted by atomic mass is 10.0. The van der Waals surface area contributed by atoms with E-state index in [0.717, 1.165) is 37.1 Å². The third-order valence-corrected chi connectivity index (χ3v) is 3.64. The number of benzene rings is 1. The number of carbonyl (C=O) groups is 1. The molecule has 1 aliphatic rings. The molecule has 5 heteroatoms. The van der Waals surface area contributed by atoms with Crippen LogP contribution in [0.15, 0.2) is 18.2 Å². The van der Waals surface area contributed by atoms with Crippen LogP contribution >= 0.6 is 11.6 Å². The van der Waals surface area contributed by atoms with Crippen LogP contribution in [0.4, 0.5) is 5.69 Å². The van der Waals surface area contributed by atoms with Crippen molar-refractivity contribution in [3.63, 3.8) is 0 Å². The second kappa shape index (κ2) is 5.59. The number of hydrogen-bond acceptors (Lipinski definition) is 3. The minimum Gasteiger partial charge on any atom is -0.392 e. The summed E-state index contributed by atoms with van der Waals surface area (Å²) in [4.78, 5) is 13.4. The first kappa shape index (κ1) is 13.2. The predicted molar refractivity (Wildman–Crippen MR) is 71.6 cm³/mol. The van der Waals surface area contributed by atoms with Gasteiger partial charge in [0.1, 0.15) is 6.04 Å². The fourth-order valence-corrected chi connectivity index (χ4v) is 2.71. The average molecular weight is 269 g/mol. The van der Waals surface area contributed by atoms with Crippen molar-refractivity contribution in [1.29, 1.82) is 0 Å². The molecule has 1 aromatic rings. The van der Waals surface area contributed by atoms with E-state index in [1.807, 2.05) is 17.0 Å². The van der Waals surface area contributed by atoms with Gasteiger partial charge in [0.15, 0.2) is 0 Å². The lowest BCUT2D eigenvalue weighted by molar-refractivity contribution is -0.119. The van der Waals surface area contributed by atoms with Gasteiger partial charge in [-0.2, -0.15) is 0 Å². The summed E-state index contributed by atoms with van der Waals surface area (Å²) in [5.41, 5.74) is 7.01. The molecule has 0 radical (unpaired) electrons. The summed E-state index contributed by atoms with van der Waals surface area (Å²) in [6.45, 7) is 0.741. The number of aliphatic hydroxyl groups excluding tert-OH is 1. The van der Waals surface area contributed by atoms with Crippen molar-refractivity contribution < 1.29 is 9.90 Å². The molecule has 1 saturated heterocycles. The number of aliphatic hydroxyl groups is 1. The number of carbonyl (C=O) groups excluding carboxylic acids is 1. The number of primary amides is 1. The number of nitrogens with zero attached hydrogens (tertiary/aromatic N) is 1. The molecule has 3 N–H and O–H groups in total. The smallest absolute Gasteiger partial charge is 0.240 e. The highest BCUT2D eigenvalue weighted by atomic mass is 35.5. The monoisotopic (exact) mass is 268 g/mol. The van der Waals surface area contributed by atoms with Crippen LogP contribution in [0.3, 0.4) is 0 Å². The van der Waals surface area contributed by atoms with Crippen molar-refractivity contribution in [3.8, 4) is 0 Å². The number of rotatable bonds is 3. The van der Waals surface area contributed by atoms with Crippen LogP contribution in [-0.4, -0.2) is 23.6 Å². The van der Waals surface area contributed by atoms with Crippen LogP contribution in [0.1, 0.15) is 24.8 Å². The summed E-state index contributed by atoms with van der Waals surface area (Å²) in [6.07, 6.45) is 2.81. The zero-order chi connectivity index (χ0) is 13.1. The van der Waals surface area contributed by atoms with Gasteiger partial charge >= 0.3 is 0 Å². The van der Waals surface area contributed by atoms with E-state index in [1.165, 1.54) is 0 Å². The van der Waals surface area contributed by atoms with Gasteiger partial charge in [0.05, 0.1) is 17.3 Å². The minimum atomic E-state index is -0.308. The van der Waals surface area contributed by atoms with E-state index >= 15 is 0 Å². The molecule has 1 atom stereocenters. The van der Waals surface area contributed by atoms with Gasteiger partial charge in [0, 0.05) is 6.54 Å². The molecule has 4 nitrogen and oxygen atoms in total. The molecule has 1 unspecified atom stereocenters. The number of amides is 1. The van der Waals surface area contributed by atoms with Gasteiger partial charge in [-0.1, -0.05) is 17.7 Å². The van der Waals surface area contributed by atoms with E-state index in [0.29, 0.717) is 5.02 Å². The van der Waals surface area contributed by atoms with Gasteiger partial charge in [-0.15, -0.1) is 0 Å². The largest absolute Gasteiger partial charge is 0.392 e. The molecular formula is C13H17ClN2O2. The second-order valence-electron chi connectivity index (χ2n) is 4.55. The Kier molecular flexibility index (Phi) is 4.09. The van der Waals surface area contributed by atoms with Gasteiger partial charge in [0.2, 0.25) is 5.91 Å². The van der Waals surface area contributed by atoms with Crippen molar-refractivity contribution in [2.75, 3.05) is 11.4 Å². The number of piperidine rings is 1. The number of hydrogen-bond donors (Lipinski definition) is 2. The molecule has 0 saturated carbocycles. The Morgan fingerprint density at radius 2 is 2.28 bits per heavy atom. The van der Waals surface area contributed by atoms with E-state index < -0.39 is 0 Å². The van der Waals surface area contributed by atoms with Gasteiger partial charge < -0.3 is 15.7 Å². The summed E-state index contributed by atoms with van der Waals surface area (Å²) >= 11 is 6.21. The molecule has 0 bridgehead atoms. The predicted octanol–water partition coefficient (Wildman–Crippen LogP) is 1.68. The average Bonchev–Trinajstić information content (AvgIpc) is 2.38. The molecule has 18 heavy (non-hydrogen) atoms. The van der Waals surface area contributed by atoms with Crippen LogP contribution < -0.4 is 10.6 Å². The van der Waals surface area contributed by atoms with Gasteiger partial charge in [-0.25, -0.2) is 0 Å². The molecule has 0 aromatic heterocycles. The molecule has 1 fully saturated rings. The van der Waals surface area contributed by atoms with Crippen molar-refractivity contribution >= 4 is 23.2 Å². The van der Waals surface area contributed by atoms with Crippen molar-refractivity contribution in [1.82, 2.24) is 0 Å². The maximum absolute atomic E-state index is 11.5. The lowest BCUT2D eigenvalue weighted by Gasteiger charge is -2.36. The Morgan fingerprint density at radius 3 is 2.89 bits per heavy atom. The molecule has 1 aromatic carbocycles. The van der Waals surface area contributed by atoms with Crippen LogP contribution in [0.5, 0.6) is 0 Å². The van der Waals surface area contributed by atoms with Crippen molar-refractivity contribution in [3.05, 3.63) is 28.8 Å². The van der Waals surface area contributed by atoms with Crippen LogP contribution in [0, 0.1) is 0 Å². The van der Waals surface area contributed by atoms with Crippen molar-refractivity contribution in [2.24, 2.45) is 5.73 Å². The summed E-state index contributed by atoms with van der Waals surface area (Å²) in [5, 5.41) is 9.61. The molecule has 1 amide bonds. The van der Waals surface area contributed by atoms with E-state index in [4.69, 9.17) is 22.4 Å². The molecule has 98 valence electrons. The van der Waals surface area contributed by atoms with Crippen LogP contribution in [-0.2, 0) is 11.4 Å². The lowest BCUT2D eigenvalue weighted by Crippen LogP contribution is -2.48. The summed E-state index contributed by atoms with van der Waals surface area (Å²) in [7, 11) is 0. The highest BCUT2D eigenvalue weighted by Crippen LogP contribution is 2.31. The Balaban J connectivity index is 2.31. The van der Waals surface area contributed by atoms with Crippen LogP contribution in [0.25, 0.3) is 0 Å².